The topological polar surface area (TPSA) is 0 Å². The molecule has 12 heavy (non-hydrogen) atoms. The van der Waals surface area contributed by atoms with Crippen LogP contribution in [0.4, 0.5) is 0 Å². The second kappa shape index (κ2) is 3.22. The van der Waals surface area contributed by atoms with Gasteiger partial charge in [-0.3, -0.25) is 0 Å². The summed E-state index contributed by atoms with van der Waals surface area (Å²) in [7, 11) is 0. The fourth-order valence-electron chi connectivity index (χ4n) is 1.06. The molecule has 0 saturated heterocycles. The van der Waals surface area contributed by atoms with Crippen molar-refractivity contribution >= 4 is 61.6 Å². The normalized spacial score (nSPS) is 10.9. The van der Waals surface area contributed by atoms with Gasteiger partial charge in [0.05, 0.1) is 9.72 Å². The van der Waals surface area contributed by atoms with Crippen molar-refractivity contribution in [2.24, 2.45) is 0 Å². The van der Waals surface area contributed by atoms with Crippen molar-refractivity contribution in [2.75, 3.05) is 0 Å². The Balaban J connectivity index is 2.98. The highest BCUT2D eigenvalue weighted by Crippen LogP contribution is 2.38. The number of benzene rings is 1. The smallest absolute Gasteiger partial charge is 0.0585 e. The Hall–Kier alpha value is 0.300. The third-order valence-electron chi connectivity index (χ3n) is 1.60. The first-order chi connectivity index (χ1) is 5.70. The number of thiol groups is 1. The Morgan fingerprint density at radius 2 is 2.17 bits per heavy atom. The molecular formula is C8H4BrClS2. The van der Waals surface area contributed by atoms with Gasteiger partial charge >= 0.3 is 0 Å². The van der Waals surface area contributed by atoms with E-state index in [0.717, 1.165) is 24.5 Å². The van der Waals surface area contributed by atoms with Crippen LogP contribution >= 0.6 is 51.5 Å². The van der Waals surface area contributed by atoms with E-state index in [-0.39, 0.29) is 0 Å². The van der Waals surface area contributed by atoms with Crippen LogP contribution < -0.4 is 0 Å². The van der Waals surface area contributed by atoms with E-state index in [4.69, 9.17) is 11.6 Å². The van der Waals surface area contributed by atoms with Gasteiger partial charge in [-0.25, -0.2) is 0 Å². The van der Waals surface area contributed by atoms with E-state index in [1.54, 1.807) is 11.3 Å². The molecule has 2 aromatic rings. The predicted octanol–water partition coefficient (Wildman–Crippen LogP) is 4.61. The fraction of sp³-hybridized carbons (Fsp3) is 0. The highest BCUT2D eigenvalue weighted by molar-refractivity contribution is 9.10. The quantitative estimate of drug-likeness (QED) is 0.669. The standard InChI is InChI=1S/C8H4BrClS2/c9-4-1-2-5(10)8-7(4)6(11)3-12-8/h1-3,11H. The van der Waals surface area contributed by atoms with Crippen molar-refractivity contribution in [2.45, 2.75) is 4.90 Å². The molecular weight excluding hydrogens is 276 g/mol. The van der Waals surface area contributed by atoms with E-state index in [0.29, 0.717) is 0 Å². The molecule has 0 nitrogen and oxygen atoms in total. The fourth-order valence-corrected chi connectivity index (χ4v) is 3.51. The van der Waals surface area contributed by atoms with Crippen LogP contribution in [0.25, 0.3) is 10.1 Å². The van der Waals surface area contributed by atoms with E-state index < -0.39 is 0 Å². The summed E-state index contributed by atoms with van der Waals surface area (Å²) in [6.07, 6.45) is 0. The van der Waals surface area contributed by atoms with Crippen molar-refractivity contribution in [3.8, 4) is 0 Å². The molecule has 0 atom stereocenters. The molecule has 0 unspecified atom stereocenters. The van der Waals surface area contributed by atoms with Gasteiger partial charge in [-0.05, 0) is 12.1 Å². The molecule has 0 N–H and O–H groups in total. The Morgan fingerprint density at radius 3 is 2.83 bits per heavy atom. The summed E-state index contributed by atoms with van der Waals surface area (Å²) in [6.45, 7) is 0. The van der Waals surface area contributed by atoms with Crippen molar-refractivity contribution in [1.29, 1.82) is 0 Å². The van der Waals surface area contributed by atoms with Crippen LogP contribution in [-0.4, -0.2) is 0 Å². The molecule has 0 amide bonds. The zero-order valence-electron chi connectivity index (χ0n) is 5.84. The predicted molar refractivity (Wildman–Crippen MR) is 61.8 cm³/mol. The number of hydrogen-bond donors (Lipinski definition) is 1. The Morgan fingerprint density at radius 1 is 1.42 bits per heavy atom. The minimum absolute atomic E-state index is 0.790. The third-order valence-corrected chi connectivity index (χ3v) is 4.23. The van der Waals surface area contributed by atoms with Gasteiger partial charge in [-0.15, -0.1) is 24.0 Å². The van der Waals surface area contributed by atoms with Gasteiger partial charge in [0.25, 0.3) is 0 Å². The van der Waals surface area contributed by atoms with Crippen molar-refractivity contribution in [3.63, 3.8) is 0 Å². The van der Waals surface area contributed by atoms with E-state index in [1.807, 2.05) is 17.5 Å². The van der Waals surface area contributed by atoms with Crippen LogP contribution in [-0.2, 0) is 0 Å². The monoisotopic (exact) mass is 278 g/mol. The molecule has 0 saturated carbocycles. The maximum atomic E-state index is 6.00. The van der Waals surface area contributed by atoms with Crippen LogP contribution in [0, 0.1) is 0 Å². The molecule has 1 aromatic carbocycles. The Kier molecular flexibility index (Phi) is 2.38. The van der Waals surface area contributed by atoms with Gasteiger partial charge in [0.1, 0.15) is 0 Å². The Bertz CT molecular complexity index is 436. The average molecular weight is 280 g/mol. The highest BCUT2D eigenvalue weighted by Gasteiger charge is 2.07. The number of fused-ring (bicyclic) bond motifs is 1. The van der Waals surface area contributed by atoms with Crippen molar-refractivity contribution in [1.82, 2.24) is 0 Å². The molecule has 0 bridgehead atoms. The zero-order chi connectivity index (χ0) is 8.72. The summed E-state index contributed by atoms with van der Waals surface area (Å²) >= 11 is 15.4. The molecule has 0 spiro atoms. The molecule has 0 aliphatic rings. The lowest BCUT2D eigenvalue weighted by Crippen LogP contribution is -1.69. The second-order valence-electron chi connectivity index (χ2n) is 2.35. The van der Waals surface area contributed by atoms with Crippen LogP contribution in [0.1, 0.15) is 0 Å². The van der Waals surface area contributed by atoms with Gasteiger partial charge in [0, 0.05) is 20.1 Å². The highest BCUT2D eigenvalue weighted by atomic mass is 79.9. The summed E-state index contributed by atoms with van der Waals surface area (Å²) in [5.41, 5.74) is 0. The summed E-state index contributed by atoms with van der Waals surface area (Å²) in [4.78, 5) is 0.976. The lowest BCUT2D eigenvalue weighted by atomic mass is 10.3. The molecule has 4 heteroatoms. The molecule has 0 radical (unpaired) electrons. The van der Waals surface area contributed by atoms with Gasteiger partial charge in [0.15, 0.2) is 0 Å². The van der Waals surface area contributed by atoms with Crippen molar-refractivity contribution < 1.29 is 0 Å². The van der Waals surface area contributed by atoms with Gasteiger partial charge in [0.2, 0.25) is 0 Å². The average Bonchev–Trinajstić information content (AvgIpc) is 2.42. The Labute approximate surface area is 93.1 Å². The van der Waals surface area contributed by atoms with Gasteiger partial charge in [-0.2, -0.15) is 0 Å². The molecule has 0 fully saturated rings. The van der Waals surface area contributed by atoms with Gasteiger partial charge < -0.3 is 0 Å². The molecule has 0 aliphatic heterocycles. The van der Waals surface area contributed by atoms with E-state index >= 15 is 0 Å². The molecule has 62 valence electrons. The second-order valence-corrected chi connectivity index (χ2v) is 4.98. The van der Waals surface area contributed by atoms with Crippen LogP contribution in [0.5, 0.6) is 0 Å². The lowest BCUT2D eigenvalue weighted by Gasteiger charge is -1.96. The number of rotatable bonds is 0. The first kappa shape index (κ1) is 8.88. The molecule has 1 aromatic heterocycles. The van der Waals surface area contributed by atoms with Crippen LogP contribution in [0.2, 0.25) is 5.02 Å². The largest absolute Gasteiger partial charge is 0.142 e. The first-order valence-electron chi connectivity index (χ1n) is 3.24. The lowest BCUT2D eigenvalue weighted by molar-refractivity contribution is 1.65. The van der Waals surface area contributed by atoms with E-state index in [9.17, 15) is 0 Å². The number of thiophene rings is 1. The molecule has 1 heterocycles. The molecule has 2 rings (SSSR count). The minimum Gasteiger partial charge on any atom is -0.142 e. The van der Waals surface area contributed by atoms with E-state index in [1.165, 1.54) is 0 Å². The maximum Gasteiger partial charge on any atom is 0.0585 e. The van der Waals surface area contributed by atoms with Crippen molar-refractivity contribution in [3.05, 3.63) is 27.0 Å². The summed E-state index contributed by atoms with van der Waals surface area (Å²) in [5.74, 6) is 0. The third kappa shape index (κ3) is 1.29. The molecule has 0 aliphatic carbocycles. The summed E-state index contributed by atoms with van der Waals surface area (Å²) < 4.78 is 2.14. The first-order valence-corrected chi connectivity index (χ1v) is 5.74. The van der Waals surface area contributed by atoms with Crippen LogP contribution in [0.15, 0.2) is 26.9 Å². The maximum absolute atomic E-state index is 6.00. The van der Waals surface area contributed by atoms with Gasteiger partial charge in [-0.1, -0.05) is 27.5 Å². The number of hydrogen-bond acceptors (Lipinski definition) is 2. The SMILES string of the molecule is Sc1csc2c(Cl)ccc(Br)c12. The van der Waals surface area contributed by atoms with E-state index in [2.05, 4.69) is 28.6 Å². The summed E-state index contributed by atoms with van der Waals surface area (Å²) in [6, 6.07) is 3.83. The zero-order valence-corrected chi connectivity index (χ0v) is 9.90. The minimum atomic E-state index is 0.790. The summed E-state index contributed by atoms with van der Waals surface area (Å²) in [5, 5.41) is 3.89. The number of halogens is 2. The van der Waals surface area contributed by atoms with Crippen LogP contribution in [0.3, 0.4) is 0 Å².